The Hall–Kier alpha value is -2.11. The van der Waals surface area contributed by atoms with E-state index in [4.69, 9.17) is 9.84 Å². The first-order chi connectivity index (χ1) is 9.52. The summed E-state index contributed by atoms with van der Waals surface area (Å²) in [5, 5.41) is 11.7. The first-order valence-electron chi connectivity index (χ1n) is 6.40. The number of nitrogens with one attached hydrogen (secondary N) is 1. The lowest BCUT2D eigenvalue weighted by Crippen LogP contribution is -2.30. The van der Waals surface area contributed by atoms with Crippen LogP contribution in [0.15, 0.2) is 18.2 Å². The van der Waals surface area contributed by atoms with E-state index in [2.05, 4.69) is 5.32 Å². The van der Waals surface area contributed by atoms with Crippen molar-refractivity contribution in [1.29, 1.82) is 0 Å². The summed E-state index contributed by atoms with van der Waals surface area (Å²) in [7, 11) is 1.38. The van der Waals surface area contributed by atoms with E-state index in [1.807, 2.05) is 0 Å². The Morgan fingerprint density at radius 1 is 1.35 bits per heavy atom. The molecule has 1 aromatic rings. The van der Waals surface area contributed by atoms with Gasteiger partial charge >= 0.3 is 5.97 Å². The number of hydrogen-bond acceptors (Lipinski definition) is 3. The fourth-order valence-corrected chi connectivity index (χ4v) is 2.56. The minimum absolute atomic E-state index is 0.211. The van der Waals surface area contributed by atoms with E-state index in [0.717, 1.165) is 6.42 Å². The molecule has 6 heteroatoms. The van der Waals surface area contributed by atoms with E-state index < -0.39 is 23.6 Å². The molecule has 1 fully saturated rings. The van der Waals surface area contributed by atoms with Gasteiger partial charge in [0.2, 0.25) is 5.91 Å². The second-order valence-corrected chi connectivity index (χ2v) is 4.82. The highest BCUT2D eigenvalue weighted by molar-refractivity contribution is 5.96. The summed E-state index contributed by atoms with van der Waals surface area (Å²) in [6.45, 7) is 0. The number of benzene rings is 1. The summed E-state index contributed by atoms with van der Waals surface area (Å²) >= 11 is 0. The Morgan fingerprint density at radius 2 is 2.05 bits per heavy atom. The molecule has 20 heavy (non-hydrogen) atoms. The fourth-order valence-electron chi connectivity index (χ4n) is 2.56. The predicted octanol–water partition coefficient (Wildman–Crippen LogP) is 2.27. The zero-order valence-electron chi connectivity index (χ0n) is 11.1. The quantitative estimate of drug-likeness (QED) is 0.887. The molecule has 1 aromatic carbocycles. The number of anilines is 1. The molecule has 0 spiro atoms. The Kier molecular flexibility index (Phi) is 4.22. The number of carbonyl (C=O) groups excluding carboxylic acids is 1. The number of amides is 1. The van der Waals surface area contributed by atoms with Gasteiger partial charge in [-0.25, -0.2) is 4.39 Å². The average Bonchev–Trinajstić information content (AvgIpc) is 2.90. The Balaban J connectivity index is 2.13. The highest BCUT2D eigenvalue weighted by Gasteiger charge is 2.37. The molecule has 0 aromatic heterocycles. The van der Waals surface area contributed by atoms with Crippen LogP contribution in [0, 0.1) is 17.7 Å². The van der Waals surface area contributed by atoms with Crippen LogP contribution in [-0.4, -0.2) is 24.1 Å². The van der Waals surface area contributed by atoms with Crippen molar-refractivity contribution in [3.8, 4) is 5.75 Å². The van der Waals surface area contributed by atoms with Gasteiger partial charge in [-0.15, -0.1) is 0 Å². The Labute approximate surface area is 115 Å². The monoisotopic (exact) mass is 281 g/mol. The summed E-state index contributed by atoms with van der Waals surface area (Å²) < 4.78 is 18.1. The molecule has 2 atom stereocenters. The van der Waals surface area contributed by atoms with Crippen molar-refractivity contribution in [3.63, 3.8) is 0 Å². The molecular weight excluding hydrogens is 265 g/mol. The average molecular weight is 281 g/mol. The number of carboxylic acids is 1. The molecule has 2 rings (SSSR count). The molecule has 2 N–H and O–H groups in total. The number of methoxy groups -OCH3 is 1. The Bertz CT molecular complexity index is 532. The molecule has 0 saturated heterocycles. The van der Waals surface area contributed by atoms with Crippen LogP contribution in [0.3, 0.4) is 0 Å². The molecule has 0 heterocycles. The van der Waals surface area contributed by atoms with Gasteiger partial charge in [0.25, 0.3) is 0 Å². The minimum Gasteiger partial charge on any atom is -0.494 e. The summed E-state index contributed by atoms with van der Waals surface area (Å²) in [5.41, 5.74) is 0.343. The van der Waals surface area contributed by atoms with E-state index in [1.54, 1.807) is 0 Å². The van der Waals surface area contributed by atoms with E-state index in [9.17, 15) is 14.0 Å². The van der Waals surface area contributed by atoms with E-state index >= 15 is 0 Å². The molecule has 0 bridgehead atoms. The number of hydrogen-bond donors (Lipinski definition) is 2. The number of halogens is 1. The van der Waals surface area contributed by atoms with Crippen LogP contribution in [0.4, 0.5) is 10.1 Å². The van der Waals surface area contributed by atoms with Crippen molar-refractivity contribution in [3.05, 3.63) is 24.0 Å². The van der Waals surface area contributed by atoms with Crippen molar-refractivity contribution in [1.82, 2.24) is 0 Å². The number of ether oxygens (including phenoxy) is 1. The molecular formula is C14H16FNO4. The van der Waals surface area contributed by atoms with Crippen molar-refractivity contribution < 1.29 is 23.8 Å². The van der Waals surface area contributed by atoms with Gasteiger partial charge in [0.05, 0.1) is 24.6 Å². The molecule has 0 radical (unpaired) electrons. The second-order valence-electron chi connectivity index (χ2n) is 4.82. The lowest BCUT2D eigenvalue weighted by molar-refractivity contribution is -0.145. The van der Waals surface area contributed by atoms with Crippen LogP contribution in [0.5, 0.6) is 5.75 Å². The van der Waals surface area contributed by atoms with E-state index in [1.165, 1.54) is 25.3 Å². The van der Waals surface area contributed by atoms with Gasteiger partial charge in [-0.05, 0) is 25.0 Å². The first-order valence-corrected chi connectivity index (χ1v) is 6.40. The zero-order valence-corrected chi connectivity index (χ0v) is 11.1. The minimum atomic E-state index is -0.950. The van der Waals surface area contributed by atoms with Gasteiger partial charge in [0, 0.05) is 6.07 Å². The van der Waals surface area contributed by atoms with Gasteiger partial charge in [-0.2, -0.15) is 0 Å². The lowest BCUT2D eigenvalue weighted by Gasteiger charge is -2.17. The van der Waals surface area contributed by atoms with Crippen molar-refractivity contribution in [2.45, 2.75) is 19.3 Å². The molecule has 1 amide bonds. The molecule has 1 aliphatic rings. The molecule has 108 valence electrons. The van der Waals surface area contributed by atoms with Gasteiger partial charge in [0.15, 0.2) is 0 Å². The maximum atomic E-state index is 13.1. The summed E-state index contributed by atoms with van der Waals surface area (Å²) in [6, 6.07) is 3.77. The highest BCUT2D eigenvalue weighted by atomic mass is 19.1. The molecule has 5 nitrogen and oxygen atoms in total. The van der Waals surface area contributed by atoms with E-state index in [0.29, 0.717) is 18.5 Å². The topological polar surface area (TPSA) is 75.6 Å². The number of aliphatic carboxylic acids is 1. The van der Waals surface area contributed by atoms with Crippen molar-refractivity contribution in [2.24, 2.45) is 11.8 Å². The van der Waals surface area contributed by atoms with Crippen LogP contribution in [0.2, 0.25) is 0 Å². The number of carboxylic acid groups (broad SMARTS) is 1. The largest absolute Gasteiger partial charge is 0.494 e. The third-order valence-electron chi connectivity index (χ3n) is 3.59. The summed E-state index contributed by atoms with van der Waals surface area (Å²) in [6.07, 6.45) is 1.77. The van der Waals surface area contributed by atoms with Crippen molar-refractivity contribution >= 4 is 17.6 Å². The molecule has 1 aliphatic carbocycles. The van der Waals surface area contributed by atoms with Crippen LogP contribution >= 0.6 is 0 Å². The van der Waals surface area contributed by atoms with Gasteiger partial charge in [-0.1, -0.05) is 6.42 Å². The molecule has 0 aliphatic heterocycles. The van der Waals surface area contributed by atoms with Crippen LogP contribution in [0.1, 0.15) is 19.3 Å². The van der Waals surface area contributed by atoms with Crippen LogP contribution in [0.25, 0.3) is 0 Å². The fraction of sp³-hybridized carbons (Fsp3) is 0.429. The van der Waals surface area contributed by atoms with Crippen molar-refractivity contribution in [2.75, 3.05) is 12.4 Å². The SMILES string of the molecule is COc1cc(F)ccc1NC(=O)C1CCCC1C(=O)O. The third kappa shape index (κ3) is 2.89. The van der Waals surface area contributed by atoms with Crippen LogP contribution < -0.4 is 10.1 Å². The predicted molar refractivity (Wildman–Crippen MR) is 70.0 cm³/mol. The second kappa shape index (κ2) is 5.90. The Morgan fingerprint density at radius 3 is 2.70 bits per heavy atom. The van der Waals surface area contributed by atoms with E-state index in [-0.39, 0.29) is 11.7 Å². The van der Waals surface area contributed by atoms with Gasteiger partial charge < -0.3 is 15.2 Å². The molecule has 1 saturated carbocycles. The smallest absolute Gasteiger partial charge is 0.307 e. The highest BCUT2D eigenvalue weighted by Crippen LogP contribution is 2.34. The lowest BCUT2D eigenvalue weighted by atomic mass is 9.95. The van der Waals surface area contributed by atoms with Gasteiger partial charge in [-0.3, -0.25) is 9.59 Å². The third-order valence-corrected chi connectivity index (χ3v) is 3.59. The number of carbonyl (C=O) groups is 2. The maximum Gasteiger partial charge on any atom is 0.307 e. The zero-order chi connectivity index (χ0) is 14.7. The normalized spacial score (nSPS) is 21.5. The standard InChI is InChI=1S/C14H16FNO4/c1-20-12-7-8(15)5-6-11(12)16-13(17)9-3-2-4-10(9)14(18)19/h5-7,9-10H,2-4H2,1H3,(H,16,17)(H,18,19). The molecule has 2 unspecified atom stereocenters. The first kappa shape index (κ1) is 14.3. The van der Waals surface area contributed by atoms with Gasteiger partial charge in [0.1, 0.15) is 11.6 Å². The summed E-state index contributed by atoms with van der Waals surface area (Å²) in [4.78, 5) is 23.2. The maximum absolute atomic E-state index is 13.1. The number of rotatable bonds is 4. The van der Waals surface area contributed by atoms with Crippen LogP contribution in [-0.2, 0) is 9.59 Å². The summed E-state index contributed by atoms with van der Waals surface area (Å²) in [5.74, 6) is -2.77.